The van der Waals surface area contributed by atoms with Gasteiger partial charge in [-0.15, -0.1) is 10.2 Å². The largest absolute Gasteiger partial charge is 0.460 e. The number of esters is 1. The van der Waals surface area contributed by atoms with E-state index in [-0.39, 0.29) is 18.3 Å². The Hall–Kier alpha value is -3.06. The summed E-state index contributed by atoms with van der Waals surface area (Å²) in [6.07, 6.45) is 0.667. The minimum absolute atomic E-state index is 0.225. The van der Waals surface area contributed by atoms with E-state index < -0.39 is 5.97 Å². The monoisotopic (exact) mass is 422 g/mol. The van der Waals surface area contributed by atoms with E-state index in [1.807, 2.05) is 42.5 Å². The van der Waals surface area contributed by atoms with E-state index in [4.69, 9.17) is 13.6 Å². The van der Waals surface area contributed by atoms with Crippen molar-refractivity contribution in [2.45, 2.75) is 37.2 Å². The predicted octanol–water partition coefficient (Wildman–Crippen LogP) is 5.63. The Bertz CT molecular complexity index is 1140. The van der Waals surface area contributed by atoms with Crippen molar-refractivity contribution in [2.24, 2.45) is 0 Å². The number of rotatable bonds is 8. The fraction of sp³-hybridized carbons (Fsp3) is 0.261. The lowest BCUT2D eigenvalue weighted by atomic mass is 9.98. The molecule has 30 heavy (non-hydrogen) atoms. The van der Waals surface area contributed by atoms with Crippen LogP contribution in [0.3, 0.4) is 0 Å². The molecule has 0 fully saturated rings. The van der Waals surface area contributed by atoms with Gasteiger partial charge in [0, 0.05) is 23.1 Å². The quantitative estimate of drug-likeness (QED) is 0.269. The molecule has 2 heterocycles. The molecule has 4 aromatic rings. The second-order valence-electron chi connectivity index (χ2n) is 6.89. The first-order valence-electron chi connectivity index (χ1n) is 9.83. The Morgan fingerprint density at radius 2 is 1.83 bits per heavy atom. The van der Waals surface area contributed by atoms with E-state index >= 15 is 0 Å². The number of para-hydroxylation sites is 1. The molecule has 2 aromatic heterocycles. The molecule has 0 saturated carbocycles. The minimum atomic E-state index is -0.466. The maximum absolute atomic E-state index is 12.3. The molecule has 0 aliphatic heterocycles. The second kappa shape index (κ2) is 9.17. The molecule has 0 aliphatic rings. The number of carbonyl (C=O) groups is 1. The molecule has 1 unspecified atom stereocenters. The number of aromatic nitrogens is 2. The van der Waals surface area contributed by atoms with Crippen molar-refractivity contribution in [1.82, 2.24) is 10.2 Å². The maximum atomic E-state index is 12.3. The van der Waals surface area contributed by atoms with Crippen LogP contribution < -0.4 is 0 Å². The number of hydrogen-bond acceptors (Lipinski definition) is 7. The first kappa shape index (κ1) is 20.2. The molecule has 0 saturated heterocycles. The Morgan fingerprint density at radius 3 is 2.63 bits per heavy atom. The molecule has 0 radical (unpaired) electrons. The van der Waals surface area contributed by atoms with Gasteiger partial charge in [-0.1, -0.05) is 67.2 Å². The number of fused-ring (bicyclic) bond motifs is 1. The lowest BCUT2D eigenvalue weighted by Gasteiger charge is -2.08. The van der Waals surface area contributed by atoms with E-state index in [2.05, 4.69) is 29.3 Å². The highest BCUT2D eigenvalue weighted by molar-refractivity contribution is 7.98. The van der Waals surface area contributed by atoms with Crippen LogP contribution in [0.5, 0.6) is 0 Å². The second-order valence-corrected chi connectivity index (χ2v) is 7.82. The number of thioether (sulfide) groups is 1. The number of furan rings is 1. The van der Waals surface area contributed by atoms with E-state index in [0.717, 1.165) is 10.9 Å². The average Bonchev–Trinajstić information content (AvgIpc) is 3.37. The summed E-state index contributed by atoms with van der Waals surface area (Å²) in [5, 5.41) is 9.67. The summed E-state index contributed by atoms with van der Waals surface area (Å²) < 4.78 is 16.7. The molecule has 2 aromatic carbocycles. The van der Waals surface area contributed by atoms with Gasteiger partial charge in [0.2, 0.25) is 11.7 Å². The molecule has 1 atom stereocenters. The van der Waals surface area contributed by atoms with Gasteiger partial charge in [-0.25, -0.2) is 4.79 Å². The van der Waals surface area contributed by atoms with Gasteiger partial charge in [0.25, 0.3) is 5.22 Å². The Kier molecular flexibility index (Phi) is 6.18. The van der Waals surface area contributed by atoms with E-state index in [0.29, 0.717) is 28.9 Å². The first-order chi connectivity index (χ1) is 14.7. The van der Waals surface area contributed by atoms with Gasteiger partial charge in [-0.3, -0.25) is 0 Å². The van der Waals surface area contributed by atoms with E-state index in [9.17, 15) is 4.79 Å². The van der Waals surface area contributed by atoms with Crippen molar-refractivity contribution in [3.05, 3.63) is 77.4 Å². The third-order valence-electron chi connectivity index (χ3n) is 4.80. The van der Waals surface area contributed by atoms with Crippen LogP contribution in [-0.2, 0) is 16.9 Å². The molecular weight excluding hydrogens is 400 g/mol. The summed E-state index contributed by atoms with van der Waals surface area (Å²) in [7, 11) is 0. The van der Waals surface area contributed by atoms with Gasteiger partial charge in [0.1, 0.15) is 5.58 Å². The van der Waals surface area contributed by atoms with Gasteiger partial charge in [-0.2, -0.15) is 0 Å². The maximum Gasteiger partial charge on any atom is 0.374 e. The number of hydrogen-bond donors (Lipinski definition) is 0. The molecule has 7 heteroatoms. The zero-order chi connectivity index (χ0) is 20.9. The fourth-order valence-corrected chi connectivity index (χ4v) is 4.09. The van der Waals surface area contributed by atoms with Crippen molar-refractivity contribution < 1.29 is 18.4 Å². The Balaban J connectivity index is 1.48. The number of nitrogens with zero attached hydrogens (tertiary/aromatic N) is 2. The molecule has 0 amide bonds. The minimum Gasteiger partial charge on any atom is -0.460 e. The zero-order valence-corrected chi connectivity index (χ0v) is 17.6. The zero-order valence-electron chi connectivity index (χ0n) is 16.8. The number of benzene rings is 2. The summed E-state index contributed by atoms with van der Waals surface area (Å²) >= 11 is 1.38. The molecular formula is C23H22N2O4S. The summed E-state index contributed by atoms with van der Waals surface area (Å²) in [6, 6.07) is 17.8. The van der Waals surface area contributed by atoms with Crippen LogP contribution in [0.25, 0.3) is 11.0 Å². The fourth-order valence-electron chi connectivity index (χ4n) is 3.28. The van der Waals surface area contributed by atoms with Crippen LogP contribution in [0.15, 0.2) is 68.7 Å². The lowest BCUT2D eigenvalue weighted by molar-refractivity contribution is 0.0491. The number of ether oxygens (including phenoxy) is 1. The van der Waals surface area contributed by atoms with Crippen molar-refractivity contribution in [3.8, 4) is 0 Å². The summed E-state index contributed by atoms with van der Waals surface area (Å²) in [6.45, 7) is 4.19. The van der Waals surface area contributed by atoms with E-state index in [1.54, 1.807) is 6.92 Å². The van der Waals surface area contributed by atoms with E-state index in [1.165, 1.54) is 17.3 Å². The van der Waals surface area contributed by atoms with Crippen molar-refractivity contribution in [1.29, 1.82) is 0 Å². The average molecular weight is 423 g/mol. The van der Waals surface area contributed by atoms with Gasteiger partial charge in [-0.05, 0) is 24.5 Å². The van der Waals surface area contributed by atoms with Crippen LogP contribution >= 0.6 is 11.8 Å². The lowest BCUT2D eigenvalue weighted by Crippen LogP contribution is -2.05. The molecule has 0 N–H and O–H groups in total. The normalized spacial score (nSPS) is 12.2. The highest BCUT2D eigenvalue weighted by Crippen LogP contribution is 2.32. The van der Waals surface area contributed by atoms with Crippen LogP contribution in [0.1, 0.15) is 47.3 Å². The van der Waals surface area contributed by atoms with Crippen LogP contribution in [0.4, 0.5) is 0 Å². The molecule has 0 aliphatic carbocycles. The third kappa shape index (κ3) is 4.41. The van der Waals surface area contributed by atoms with Crippen LogP contribution in [-0.4, -0.2) is 22.8 Å². The molecule has 4 rings (SSSR count). The van der Waals surface area contributed by atoms with Crippen LogP contribution in [0, 0.1) is 0 Å². The predicted molar refractivity (Wildman–Crippen MR) is 115 cm³/mol. The molecule has 6 nitrogen and oxygen atoms in total. The molecule has 0 spiro atoms. The topological polar surface area (TPSA) is 78.4 Å². The highest BCUT2D eigenvalue weighted by Gasteiger charge is 2.22. The number of carbonyl (C=O) groups excluding carboxylic acids is 1. The smallest absolute Gasteiger partial charge is 0.374 e. The summed E-state index contributed by atoms with van der Waals surface area (Å²) in [4.78, 5) is 12.3. The Labute approximate surface area is 178 Å². The van der Waals surface area contributed by atoms with Crippen molar-refractivity contribution >= 4 is 28.7 Å². The van der Waals surface area contributed by atoms with Crippen molar-refractivity contribution in [2.75, 3.05) is 6.61 Å². The molecule has 154 valence electrons. The first-order valence-corrected chi connectivity index (χ1v) is 10.8. The summed E-state index contributed by atoms with van der Waals surface area (Å²) in [5.41, 5.74) is 2.65. The standard InChI is InChI=1S/C23H22N2O4S/c1-3-27-22(26)21-18(17-11-7-8-12-19(17)28-21)14-30-23-25-24-20(29-23)13-15(2)16-9-5-4-6-10-16/h4-12,15H,3,13-14H2,1-2H3. The van der Waals surface area contributed by atoms with Gasteiger partial charge < -0.3 is 13.6 Å². The van der Waals surface area contributed by atoms with Gasteiger partial charge >= 0.3 is 5.97 Å². The van der Waals surface area contributed by atoms with Crippen LogP contribution in [0.2, 0.25) is 0 Å². The Morgan fingerprint density at radius 1 is 1.07 bits per heavy atom. The third-order valence-corrected chi connectivity index (χ3v) is 5.64. The van der Waals surface area contributed by atoms with Gasteiger partial charge in [0.15, 0.2) is 0 Å². The highest BCUT2D eigenvalue weighted by atomic mass is 32.2. The van der Waals surface area contributed by atoms with Crippen molar-refractivity contribution in [3.63, 3.8) is 0 Å². The molecule has 0 bridgehead atoms. The SMILES string of the molecule is CCOC(=O)c1oc2ccccc2c1CSc1nnc(CC(C)c2ccccc2)o1. The van der Waals surface area contributed by atoms with Gasteiger partial charge in [0.05, 0.1) is 6.61 Å². The summed E-state index contributed by atoms with van der Waals surface area (Å²) in [5.74, 6) is 1.09.